The van der Waals surface area contributed by atoms with E-state index in [1.807, 2.05) is 19.9 Å². The number of rotatable bonds is 4. The maximum Gasteiger partial charge on any atom is 0.337 e. The van der Waals surface area contributed by atoms with Gasteiger partial charge in [0.25, 0.3) is 0 Å². The third-order valence-corrected chi connectivity index (χ3v) is 3.37. The molecule has 0 fully saturated rings. The number of ketones is 1. The summed E-state index contributed by atoms with van der Waals surface area (Å²) in [6, 6.07) is 5.19. The topological polar surface area (TPSA) is 70.2 Å². The highest BCUT2D eigenvalue weighted by molar-refractivity contribution is 6.03. The highest BCUT2D eigenvalue weighted by atomic mass is 16.4. The van der Waals surface area contributed by atoms with Gasteiger partial charge in [0, 0.05) is 18.0 Å². The summed E-state index contributed by atoms with van der Waals surface area (Å²) in [5, 5.41) is 10.0. The average molecular weight is 259 g/mol. The molecule has 4 heteroatoms. The number of hydrogen-bond donors (Lipinski definition) is 2. The second kappa shape index (κ2) is 4.53. The van der Waals surface area contributed by atoms with E-state index >= 15 is 0 Å². The van der Waals surface area contributed by atoms with Crippen LogP contribution in [0.2, 0.25) is 0 Å². The van der Waals surface area contributed by atoms with Gasteiger partial charge in [-0.3, -0.25) is 4.79 Å². The van der Waals surface area contributed by atoms with Gasteiger partial charge in [-0.25, -0.2) is 4.79 Å². The molecule has 1 aromatic heterocycles. The average Bonchev–Trinajstić information content (AvgIpc) is 2.70. The first-order chi connectivity index (χ1) is 8.83. The van der Waals surface area contributed by atoms with Gasteiger partial charge in [0.1, 0.15) is 5.78 Å². The molecule has 1 heterocycles. The number of fused-ring (bicyclic) bond motifs is 1. The van der Waals surface area contributed by atoms with Gasteiger partial charge in [-0.05, 0) is 24.0 Å². The van der Waals surface area contributed by atoms with Crippen molar-refractivity contribution >= 4 is 22.7 Å². The number of benzene rings is 1. The van der Waals surface area contributed by atoms with Crippen molar-refractivity contribution in [2.75, 3.05) is 0 Å². The summed E-state index contributed by atoms with van der Waals surface area (Å²) in [4.78, 5) is 25.6. The lowest BCUT2D eigenvalue weighted by Gasteiger charge is -2.22. The van der Waals surface area contributed by atoms with Gasteiger partial charge in [0.05, 0.1) is 11.1 Å². The van der Waals surface area contributed by atoms with E-state index in [0.29, 0.717) is 11.9 Å². The Bertz CT molecular complexity index is 652. The van der Waals surface area contributed by atoms with Crippen molar-refractivity contribution in [2.24, 2.45) is 0 Å². The van der Waals surface area contributed by atoms with E-state index in [0.717, 1.165) is 10.9 Å². The molecular weight excluding hydrogens is 242 g/mol. The molecule has 0 radical (unpaired) electrons. The SMILES string of the molecule is CC(=O)CC(C)(C)c1c[nH]c2c(C(=O)O)cccc12. The zero-order valence-corrected chi connectivity index (χ0v) is 11.3. The smallest absolute Gasteiger partial charge is 0.337 e. The third-order valence-electron chi connectivity index (χ3n) is 3.37. The van der Waals surface area contributed by atoms with Crippen LogP contribution in [0.25, 0.3) is 10.9 Å². The van der Waals surface area contributed by atoms with Crippen molar-refractivity contribution in [3.05, 3.63) is 35.5 Å². The summed E-state index contributed by atoms with van der Waals surface area (Å²) < 4.78 is 0. The van der Waals surface area contributed by atoms with E-state index in [1.165, 1.54) is 0 Å². The fraction of sp³-hybridized carbons (Fsp3) is 0.333. The molecule has 2 rings (SSSR count). The molecule has 0 amide bonds. The van der Waals surface area contributed by atoms with Crippen molar-refractivity contribution in [1.29, 1.82) is 0 Å². The number of aromatic carboxylic acids is 1. The van der Waals surface area contributed by atoms with Crippen molar-refractivity contribution in [2.45, 2.75) is 32.6 Å². The lowest BCUT2D eigenvalue weighted by atomic mass is 9.80. The summed E-state index contributed by atoms with van der Waals surface area (Å²) in [6.07, 6.45) is 2.23. The maximum atomic E-state index is 11.4. The minimum absolute atomic E-state index is 0.119. The normalized spacial score (nSPS) is 11.7. The number of nitrogens with one attached hydrogen (secondary N) is 1. The third kappa shape index (κ3) is 2.38. The number of carboxylic acids is 1. The van der Waals surface area contributed by atoms with Crippen molar-refractivity contribution in [3.63, 3.8) is 0 Å². The predicted octanol–water partition coefficient (Wildman–Crippen LogP) is 3.12. The van der Waals surface area contributed by atoms with Crippen LogP contribution in [-0.2, 0) is 10.2 Å². The number of Topliss-reactive ketones (excluding diaryl/α,β-unsaturated/α-hetero) is 1. The molecule has 0 aliphatic carbocycles. The molecule has 0 saturated carbocycles. The summed E-state index contributed by atoms with van der Waals surface area (Å²) >= 11 is 0. The Labute approximate surface area is 111 Å². The molecule has 0 bridgehead atoms. The first-order valence-electron chi connectivity index (χ1n) is 6.16. The maximum absolute atomic E-state index is 11.4. The molecule has 1 aromatic carbocycles. The molecule has 2 N–H and O–H groups in total. The lowest BCUT2D eigenvalue weighted by Crippen LogP contribution is -2.20. The van der Waals surface area contributed by atoms with E-state index in [1.54, 1.807) is 25.3 Å². The Morgan fingerprint density at radius 2 is 2.00 bits per heavy atom. The fourth-order valence-corrected chi connectivity index (χ4v) is 2.61. The molecule has 0 aliphatic rings. The number of aromatic nitrogens is 1. The fourth-order valence-electron chi connectivity index (χ4n) is 2.61. The van der Waals surface area contributed by atoms with Gasteiger partial charge in [0.15, 0.2) is 0 Å². The zero-order valence-electron chi connectivity index (χ0n) is 11.3. The zero-order chi connectivity index (χ0) is 14.2. The van der Waals surface area contributed by atoms with E-state index in [-0.39, 0.29) is 16.8 Å². The summed E-state index contributed by atoms with van der Waals surface area (Å²) in [5.41, 5.74) is 1.52. The van der Waals surface area contributed by atoms with Crippen molar-refractivity contribution in [1.82, 2.24) is 4.98 Å². The largest absolute Gasteiger partial charge is 0.478 e. The van der Waals surface area contributed by atoms with Crippen LogP contribution in [0.15, 0.2) is 24.4 Å². The number of hydrogen-bond acceptors (Lipinski definition) is 2. The van der Waals surface area contributed by atoms with Crippen LogP contribution in [-0.4, -0.2) is 21.8 Å². The minimum atomic E-state index is -0.955. The Hall–Kier alpha value is -2.10. The van der Waals surface area contributed by atoms with Gasteiger partial charge in [-0.1, -0.05) is 26.0 Å². The van der Waals surface area contributed by atoms with E-state index in [2.05, 4.69) is 4.98 Å². The highest BCUT2D eigenvalue weighted by Crippen LogP contribution is 2.34. The van der Waals surface area contributed by atoms with Crippen LogP contribution < -0.4 is 0 Å². The second-order valence-electron chi connectivity index (χ2n) is 5.50. The van der Waals surface area contributed by atoms with Gasteiger partial charge in [0.2, 0.25) is 0 Å². The second-order valence-corrected chi connectivity index (χ2v) is 5.50. The summed E-state index contributed by atoms with van der Waals surface area (Å²) in [7, 11) is 0. The first-order valence-corrected chi connectivity index (χ1v) is 6.16. The van der Waals surface area contributed by atoms with E-state index < -0.39 is 5.97 Å². The van der Waals surface area contributed by atoms with Crippen molar-refractivity contribution in [3.8, 4) is 0 Å². The van der Waals surface area contributed by atoms with E-state index in [4.69, 9.17) is 5.11 Å². The van der Waals surface area contributed by atoms with Crippen LogP contribution in [0.1, 0.15) is 43.1 Å². The molecule has 0 saturated heterocycles. The van der Waals surface area contributed by atoms with Crippen LogP contribution in [0.4, 0.5) is 0 Å². The number of carbonyl (C=O) groups is 2. The first kappa shape index (κ1) is 13.3. The summed E-state index contributed by atoms with van der Waals surface area (Å²) in [6.45, 7) is 5.55. The molecule has 19 heavy (non-hydrogen) atoms. The van der Waals surface area contributed by atoms with E-state index in [9.17, 15) is 9.59 Å². The quantitative estimate of drug-likeness (QED) is 0.886. The molecule has 2 aromatic rings. The number of aromatic amines is 1. The molecule has 0 atom stereocenters. The molecular formula is C15H17NO3. The Morgan fingerprint density at radius 3 is 2.58 bits per heavy atom. The van der Waals surface area contributed by atoms with Crippen LogP contribution >= 0.6 is 0 Å². The molecule has 100 valence electrons. The minimum Gasteiger partial charge on any atom is -0.478 e. The Kier molecular flexibility index (Phi) is 3.18. The number of carboxylic acid groups (broad SMARTS) is 1. The number of H-pyrrole nitrogens is 1. The number of carbonyl (C=O) groups excluding carboxylic acids is 1. The van der Waals surface area contributed by atoms with Crippen LogP contribution in [0.5, 0.6) is 0 Å². The summed E-state index contributed by atoms with van der Waals surface area (Å²) in [5.74, 6) is -0.836. The van der Waals surface area contributed by atoms with Crippen molar-refractivity contribution < 1.29 is 14.7 Å². The lowest BCUT2D eigenvalue weighted by molar-refractivity contribution is -0.118. The monoisotopic (exact) mass is 259 g/mol. The van der Waals surface area contributed by atoms with Crippen LogP contribution in [0.3, 0.4) is 0 Å². The molecule has 4 nitrogen and oxygen atoms in total. The molecule has 0 spiro atoms. The molecule has 0 unspecified atom stereocenters. The van der Waals surface area contributed by atoms with Gasteiger partial charge in [-0.2, -0.15) is 0 Å². The Morgan fingerprint density at radius 1 is 1.32 bits per heavy atom. The van der Waals surface area contributed by atoms with Crippen LogP contribution in [0, 0.1) is 0 Å². The number of para-hydroxylation sites is 1. The standard InChI is InChI=1S/C15H17NO3/c1-9(17)7-15(2,3)12-8-16-13-10(12)5-4-6-11(13)14(18)19/h4-6,8,16H,7H2,1-3H3,(H,18,19). The van der Waals surface area contributed by atoms with Gasteiger partial charge < -0.3 is 10.1 Å². The predicted molar refractivity (Wildman–Crippen MR) is 73.6 cm³/mol. The van der Waals surface area contributed by atoms with Gasteiger partial charge in [-0.15, -0.1) is 0 Å². The Balaban J connectivity index is 2.61. The molecule has 0 aliphatic heterocycles. The van der Waals surface area contributed by atoms with Gasteiger partial charge >= 0.3 is 5.97 Å². The highest BCUT2D eigenvalue weighted by Gasteiger charge is 2.26.